The van der Waals surface area contributed by atoms with Gasteiger partial charge in [-0.3, -0.25) is 0 Å². The van der Waals surface area contributed by atoms with Crippen molar-refractivity contribution in [2.75, 3.05) is 19.8 Å². The zero-order chi connectivity index (χ0) is 18.7. The molecule has 0 spiro atoms. The lowest BCUT2D eigenvalue weighted by atomic mass is 10.2. The lowest BCUT2D eigenvalue weighted by Gasteiger charge is -2.06. The van der Waals surface area contributed by atoms with Gasteiger partial charge in [0.2, 0.25) is 0 Å². The molecule has 1 aromatic carbocycles. The summed E-state index contributed by atoms with van der Waals surface area (Å²) in [6.07, 6.45) is 0.754. The summed E-state index contributed by atoms with van der Waals surface area (Å²) in [5.41, 5.74) is 1.39. The predicted octanol–water partition coefficient (Wildman–Crippen LogP) is 1.94. The molecule has 0 bridgehead atoms. The van der Waals surface area contributed by atoms with E-state index in [1.165, 1.54) is 0 Å². The van der Waals surface area contributed by atoms with Crippen LogP contribution in [0, 0.1) is 18.8 Å². The maximum atomic E-state index is 11.7. The Bertz CT molecular complexity index is 684. The molecule has 0 atom stereocenters. The Morgan fingerprint density at radius 3 is 2.04 bits per heavy atom. The molecule has 6 heteroatoms. The molecule has 6 nitrogen and oxygen atoms in total. The van der Waals surface area contributed by atoms with Crippen molar-refractivity contribution in [1.82, 2.24) is 0 Å². The summed E-state index contributed by atoms with van der Waals surface area (Å²) < 4.78 is 14.3. The van der Waals surface area contributed by atoms with Gasteiger partial charge in [-0.15, -0.1) is 0 Å². The minimum absolute atomic E-state index is 0.0622. The van der Waals surface area contributed by atoms with Crippen LogP contribution in [0.1, 0.15) is 25.0 Å². The van der Waals surface area contributed by atoms with Gasteiger partial charge in [0.15, 0.2) is 12.2 Å². The minimum Gasteiger partial charge on any atom is -0.462 e. The molecular formula is C19H20O6. The van der Waals surface area contributed by atoms with E-state index in [1.807, 2.05) is 31.2 Å². The summed E-state index contributed by atoms with van der Waals surface area (Å²) in [6.45, 7) is 5.08. The van der Waals surface area contributed by atoms with Crippen LogP contribution in [0.25, 0.3) is 0 Å². The van der Waals surface area contributed by atoms with Crippen LogP contribution < -0.4 is 0 Å². The van der Waals surface area contributed by atoms with E-state index >= 15 is 0 Å². The van der Waals surface area contributed by atoms with Gasteiger partial charge in [-0.1, -0.05) is 29.5 Å². The highest BCUT2D eigenvalue weighted by atomic mass is 16.6. The van der Waals surface area contributed by atoms with Crippen LogP contribution >= 0.6 is 0 Å². The van der Waals surface area contributed by atoms with Crippen molar-refractivity contribution < 1.29 is 28.6 Å². The molecule has 1 aromatic rings. The normalized spacial score (nSPS) is 9.24. The zero-order valence-corrected chi connectivity index (χ0v) is 14.5. The molecule has 0 aliphatic heterocycles. The van der Waals surface area contributed by atoms with E-state index < -0.39 is 23.5 Å². The summed E-state index contributed by atoms with van der Waals surface area (Å²) in [6, 6.07) is 7.54. The van der Waals surface area contributed by atoms with Gasteiger partial charge in [-0.2, -0.15) is 0 Å². The molecule has 0 saturated carbocycles. The third kappa shape index (κ3) is 7.36. The second-order valence-electron chi connectivity index (χ2n) is 4.77. The summed E-state index contributed by atoms with van der Waals surface area (Å²) in [4.78, 5) is 35.2. The van der Waals surface area contributed by atoms with Gasteiger partial charge in [0.25, 0.3) is 0 Å². The van der Waals surface area contributed by atoms with Gasteiger partial charge in [-0.05, 0) is 32.9 Å². The fourth-order valence-corrected chi connectivity index (χ4v) is 1.66. The maximum Gasteiger partial charge on any atom is 0.345 e. The number of benzene rings is 1. The summed E-state index contributed by atoms with van der Waals surface area (Å²) >= 11 is 0. The first kappa shape index (κ1) is 20.0. The van der Waals surface area contributed by atoms with Gasteiger partial charge in [-0.25, -0.2) is 14.4 Å². The lowest BCUT2D eigenvalue weighted by Crippen LogP contribution is -2.20. The minimum atomic E-state index is -0.941. The molecule has 0 unspecified atom stereocenters. The first-order chi connectivity index (χ1) is 12.0. The third-order valence-electron chi connectivity index (χ3n) is 2.82. The Labute approximate surface area is 146 Å². The van der Waals surface area contributed by atoms with E-state index in [0.717, 1.165) is 17.2 Å². The third-order valence-corrected chi connectivity index (χ3v) is 2.82. The van der Waals surface area contributed by atoms with Crippen LogP contribution in [0.4, 0.5) is 0 Å². The fraction of sp³-hybridized carbons (Fsp3) is 0.316. The van der Waals surface area contributed by atoms with E-state index in [2.05, 4.69) is 11.8 Å². The molecule has 0 radical (unpaired) electrons. The molecular weight excluding hydrogens is 324 g/mol. The van der Waals surface area contributed by atoms with E-state index in [9.17, 15) is 14.4 Å². The smallest absolute Gasteiger partial charge is 0.345 e. The number of rotatable bonds is 6. The number of aryl methyl sites for hydroxylation is 1. The zero-order valence-electron chi connectivity index (χ0n) is 14.5. The SMILES string of the molecule is CCOC(=O)C(=CC(=O)OCC#Cc1ccc(C)cc1)C(=O)OCC. The number of ether oxygens (including phenoxy) is 3. The Kier molecular flexibility index (Phi) is 8.52. The molecule has 0 aliphatic rings. The first-order valence-electron chi connectivity index (χ1n) is 7.76. The molecule has 0 N–H and O–H groups in total. The van der Waals surface area contributed by atoms with Crippen molar-refractivity contribution in [3.05, 3.63) is 47.0 Å². The Hall–Kier alpha value is -3.07. The monoisotopic (exact) mass is 344 g/mol. The average molecular weight is 344 g/mol. The van der Waals surface area contributed by atoms with Gasteiger partial charge in [0.1, 0.15) is 0 Å². The highest BCUT2D eigenvalue weighted by molar-refractivity contribution is 6.17. The first-order valence-corrected chi connectivity index (χ1v) is 7.76. The van der Waals surface area contributed by atoms with Crippen molar-refractivity contribution in [1.29, 1.82) is 0 Å². The summed E-state index contributed by atoms with van der Waals surface area (Å²) in [7, 11) is 0. The maximum absolute atomic E-state index is 11.7. The molecule has 0 aromatic heterocycles. The number of hydrogen-bond donors (Lipinski definition) is 0. The highest BCUT2D eigenvalue weighted by Crippen LogP contribution is 2.04. The standard InChI is InChI=1S/C19H20O6/c1-4-23-18(21)16(19(22)24-5-2)13-17(20)25-12-6-7-15-10-8-14(3)9-11-15/h8-11,13H,4-5,12H2,1-3H3. The van der Waals surface area contributed by atoms with Crippen LogP contribution in [-0.4, -0.2) is 37.7 Å². The van der Waals surface area contributed by atoms with Crippen LogP contribution in [0.5, 0.6) is 0 Å². The Balaban J connectivity index is 2.69. The summed E-state index contributed by atoms with van der Waals surface area (Å²) in [5, 5.41) is 0. The Morgan fingerprint density at radius 2 is 1.52 bits per heavy atom. The van der Waals surface area contributed by atoms with Gasteiger partial charge in [0, 0.05) is 11.6 Å². The van der Waals surface area contributed by atoms with E-state index in [0.29, 0.717) is 0 Å². The van der Waals surface area contributed by atoms with Crippen LogP contribution in [-0.2, 0) is 28.6 Å². The van der Waals surface area contributed by atoms with Crippen molar-refractivity contribution in [3.63, 3.8) is 0 Å². The molecule has 132 valence electrons. The molecule has 0 amide bonds. The highest BCUT2D eigenvalue weighted by Gasteiger charge is 2.22. The van der Waals surface area contributed by atoms with Crippen molar-refractivity contribution >= 4 is 17.9 Å². The number of carbonyl (C=O) groups is 3. The molecule has 1 rings (SSSR count). The lowest BCUT2D eigenvalue weighted by molar-refractivity contribution is -0.148. The molecule has 0 heterocycles. The predicted molar refractivity (Wildman–Crippen MR) is 90.4 cm³/mol. The number of hydrogen-bond acceptors (Lipinski definition) is 6. The van der Waals surface area contributed by atoms with Crippen molar-refractivity contribution in [3.8, 4) is 11.8 Å². The van der Waals surface area contributed by atoms with E-state index in [-0.39, 0.29) is 19.8 Å². The fourth-order valence-electron chi connectivity index (χ4n) is 1.66. The van der Waals surface area contributed by atoms with E-state index in [4.69, 9.17) is 14.2 Å². The van der Waals surface area contributed by atoms with Gasteiger partial charge < -0.3 is 14.2 Å². The van der Waals surface area contributed by atoms with Gasteiger partial charge >= 0.3 is 17.9 Å². The van der Waals surface area contributed by atoms with Crippen LogP contribution in [0.15, 0.2) is 35.9 Å². The molecule has 0 saturated heterocycles. The van der Waals surface area contributed by atoms with E-state index in [1.54, 1.807) is 13.8 Å². The average Bonchev–Trinajstić information content (AvgIpc) is 2.58. The number of carbonyl (C=O) groups excluding carboxylic acids is 3. The van der Waals surface area contributed by atoms with Crippen molar-refractivity contribution in [2.24, 2.45) is 0 Å². The van der Waals surface area contributed by atoms with Crippen molar-refractivity contribution in [2.45, 2.75) is 20.8 Å². The molecule has 25 heavy (non-hydrogen) atoms. The van der Waals surface area contributed by atoms with Gasteiger partial charge in [0.05, 0.1) is 13.2 Å². The summed E-state index contributed by atoms with van der Waals surface area (Å²) in [5.74, 6) is 2.75. The molecule has 0 aliphatic carbocycles. The van der Waals surface area contributed by atoms with Crippen LogP contribution in [0.2, 0.25) is 0 Å². The topological polar surface area (TPSA) is 78.9 Å². The second-order valence-corrected chi connectivity index (χ2v) is 4.77. The number of esters is 3. The largest absolute Gasteiger partial charge is 0.462 e. The molecule has 0 fully saturated rings. The second kappa shape index (κ2) is 10.7. The van der Waals surface area contributed by atoms with Crippen LogP contribution in [0.3, 0.4) is 0 Å². The quantitative estimate of drug-likeness (QED) is 0.196. The Morgan fingerprint density at radius 1 is 0.960 bits per heavy atom.